The van der Waals surface area contributed by atoms with Gasteiger partial charge in [0.2, 0.25) is 0 Å². The monoisotopic (exact) mass is 245 g/mol. The number of nitrogens with one attached hydrogen (secondary N) is 1. The number of hydrogen-bond donors (Lipinski definition) is 1. The molecule has 0 bridgehead atoms. The van der Waals surface area contributed by atoms with Gasteiger partial charge in [0, 0.05) is 6.04 Å². The molecule has 2 atom stereocenters. The second-order valence-corrected chi connectivity index (χ2v) is 5.89. The molecule has 18 heavy (non-hydrogen) atoms. The molecule has 1 aliphatic carbocycles. The molecule has 1 nitrogen and oxygen atoms in total. The first-order valence-corrected chi connectivity index (χ1v) is 7.51. The Hall–Kier alpha value is -0.820. The van der Waals surface area contributed by atoms with E-state index in [4.69, 9.17) is 0 Å². The molecule has 0 spiro atoms. The van der Waals surface area contributed by atoms with Crippen LogP contribution < -0.4 is 5.32 Å². The SMILES string of the molecule is CCC(C)CC(NC)c1cccc(C2CCC2)c1. The van der Waals surface area contributed by atoms with Crippen molar-refractivity contribution >= 4 is 0 Å². The lowest BCUT2D eigenvalue weighted by atomic mass is 9.79. The lowest BCUT2D eigenvalue weighted by Gasteiger charge is -2.27. The summed E-state index contributed by atoms with van der Waals surface area (Å²) in [6.45, 7) is 4.63. The van der Waals surface area contributed by atoms with Crippen LogP contribution >= 0.6 is 0 Å². The molecule has 2 rings (SSSR count). The van der Waals surface area contributed by atoms with E-state index in [1.54, 1.807) is 5.56 Å². The molecular weight excluding hydrogens is 218 g/mol. The van der Waals surface area contributed by atoms with Gasteiger partial charge in [-0.2, -0.15) is 0 Å². The van der Waals surface area contributed by atoms with Crippen molar-refractivity contribution in [3.05, 3.63) is 35.4 Å². The Bertz CT molecular complexity index is 368. The summed E-state index contributed by atoms with van der Waals surface area (Å²) in [5, 5.41) is 3.49. The molecule has 1 heteroatoms. The highest BCUT2D eigenvalue weighted by atomic mass is 14.9. The van der Waals surface area contributed by atoms with Crippen molar-refractivity contribution < 1.29 is 0 Å². The van der Waals surface area contributed by atoms with Crippen molar-refractivity contribution in [1.82, 2.24) is 5.32 Å². The van der Waals surface area contributed by atoms with E-state index in [1.807, 2.05) is 0 Å². The number of rotatable bonds is 6. The third-order valence-corrected chi connectivity index (χ3v) is 4.57. The van der Waals surface area contributed by atoms with Crippen LogP contribution in [0.25, 0.3) is 0 Å². The smallest absolute Gasteiger partial charge is 0.0320 e. The molecule has 0 aliphatic heterocycles. The average molecular weight is 245 g/mol. The summed E-state index contributed by atoms with van der Waals surface area (Å²) >= 11 is 0. The van der Waals surface area contributed by atoms with Gasteiger partial charge in [-0.3, -0.25) is 0 Å². The quantitative estimate of drug-likeness (QED) is 0.769. The van der Waals surface area contributed by atoms with Crippen molar-refractivity contribution in [2.24, 2.45) is 5.92 Å². The lowest BCUT2D eigenvalue weighted by Crippen LogP contribution is -2.19. The molecule has 0 heterocycles. The highest BCUT2D eigenvalue weighted by Gasteiger charge is 2.20. The minimum absolute atomic E-state index is 0.514. The summed E-state index contributed by atoms with van der Waals surface area (Å²) < 4.78 is 0. The maximum Gasteiger partial charge on any atom is 0.0320 e. The fourth-order valence-electron chi connectivity index (χ4n) is 2.76. The molecule has 0 amide bonds. The normalized spacial score (nSPS) is 19.3. The number of benzene rings is 1. The van der Waals surface area contributed by atoms with Gasteiger partial charge in [0.1, 0.15) is 0 Å². The molecule has 0 aromatic heterocycles. The van der Waals surface area contributed by atoms with Gasteiger partial charge >= 0.3 is 0 Å². The minimum Gasteiger partial charge on any atom is -0.313 e. The molecular formula is C17H27N. The standard InChI is InChI=1S/C17H27N/c1-4-13(2)11-17(18-3)16-10-6-9-15(12-16)14-7-5-8-14/h6,9-10,12-14,17-18H,4-5,7-8,11H2,1-3H3. The van der Waals surface area contributed by atoms with Crippen molar-refractivity contribution in [3.63, 3.8) is 0 Å². The average Bonchev–Trinajstić information content (AvgIpc) is 2.34. The molecule has 100 valence electrons. The van der Waals surface area contributed by atoms with E-state index >= 15 is 0 Å². The fraction of sp³-hybridized carbons (Fsp3) is 0.647. The largest absolute Gasteiger partial charge is 0.313 e. The summed E-state index contributed by atoms with van der Waals surface area (Å²) in [6.07, 6.45) is 6.69. The van der Waals surface area contributed by atoms with E-state index in [0.29, 0.717) is 6.04 Å². The second-order valence-electron chi connectivity index (χ2n) is 5.89. The molecule has 1 aliphatic rings. The topological polar surface area (TPSA) is 12.0 Å². The van der Waals surface area contributed by atoms with Crippen LogP contribution in [-0.2, 0) is 0 Å². The Kier molecular flexibility index (Phi) is 4.82. The van der Waals surface area contributed by atoms with Crippen LogP contribution in [0.2, 0.25) is 0 Å². The van der Waals surface area contributed by atoms with E-state index in [9.17, 15) is 0 Å². The fourth-order valence-corrected chi connectivity index (χ4v) is 2.76. The summed E-state index contributed by atoms with van der Waals surface area (Å²) in [7, 11) is 2.09. The first-order valence-electron chi connectivity index (χ1n) is 7.51. The van der Waals surface area contributed by atoms with E-state index < -0.39 is 0 Å². The highest BCUT2D eigenvalue weighted by molar-refractivity contribution is 5.29. The Morgan fingerprint density at radius 1 is 1.33 bits per heavy atom. The van der Waals surface area contributed by atoms with Crippen molar-refractivity contribution in [2.45, 2.75) is 57.9 Å². The van der Waals surface area contributed by atoms with E-state index in [0.717, 1.165) is 11.8 Å². The third kappa shape index (κ3) is 3.14. The van der Waals surface area contributed by atoms with Gasteiger partial charge in [0.05, 0.1) is 0 Å². The molecule has 2 unspecified atom stereocenters. The van der Waals surface area contributed by atoms with E-state index in [1.165, 1.54) is 37.7 Å². The van der Waals surface area contributed by atoms with Crippen LogP contribution in [0.5, 0.6) is 0 Å². The predicted molar refractivity (Wildman–Crippen MR) is 78.9 cm³/mol. The van der Waals surface area contributed by atoms with Gasteiger partial charge in [-0.1, -0.05) is 51.0 Å². The maximum atomic E-state index is 3.49. The Balaban J connectivity index is 2.09. The summed E-state index contributed by atoms with van der Waals surface area (Å²) in [6, 6.07) is 9.78. The van der Waals surface area contributed by atoms with E-state index in [2.05, 4.69) is 50.5 Å². The molecule has 0 saturated heterocycles. The summed E-state index contributed by atoms with van der Waals surface area (Å²) in [5.74, 6) is 1.63. The minimum atomic E-state index is 0.514. The van der Waals surface area contributed by atoms with Crippen LogP contribution in [0, 0.1) is 5.92 Å². The summed E-state index contributed by atoms with van der Waals surface area (Å²) in [5.41, 5.74) is 3.03. The van der Waals surface area contributed by atoms with Crippen LogP contribution in [0.4, 0.5) is 0 Å². The predicted octanol–water partition coefficient (Wildman–Crippen LogP) is 4.65. The van der Waals surface area contributed by atoms with Gasteiger partial charge in [0.15, 0.2) is 0 Å². The van der Waals surface area contributed by atoms with E-state index in [-0.39, 0.29) is 0 Å². The second kappa shape index (κ2) is 6.38. The Labute approximate surface area is 112 Å². The zero-order valence-electron chi connectivity index (χ0n) is 12.1. The van der Waals surface area contributed by atoms with Crippen LogP contribution in [-0.4, -0.2) is 7.05 Å². The van der Waals surface area contributed by atoms with Gasteiger partial charge in [-0.15, -0.1) is 0 Å². The van der Waals surface area contributed by atoms with Gasteiger partial charge < -0.3 is 5.32 Å². The van der Waals surface area contributed by atoms with Crippen LogP contribution in [0.3, 0.4) is 0 Å². The van der Waals surface area contributed by atoms with Gasteiger partial charge in [-0.25, -0.2) is 0 Å². The molecule has 0 radical (unpaired) electrons. The zero-order chi connectivity index (χ0) is 13.0. The zero-order valence-corrected chi connectivity index (χ0v) is 12.1. The lowest BCUT2D eigenvalue weighted by molar-refractivity contribution is 0.412. The van der Waals surface area contributed by atoms with Crippen LogP contribution in [0.1, 0.15) is 69.0 Å². The third-order valence-electron chi connectivity index (χ3n) is 4.57. The van der Waals surface area contributed by atoms with Gasteiger partial charge in [0.25, 0.3) is 0 Å². The van der Waals surface area contributed by atoms with Crippen molar-refractivity contribution in [2.75, 3.05) is 7.05 Å². The van der Waals surface area contributed by atoms with Crippen molar-refractivity contribution in [1.29, 1.82) is 0 Å². The molecule has 1 fully saturated rings. The van der Waals surface area contributed by atoms with Gasteiger partial charge in [-0.05, 0) is 49.3 Å². The maximum absolute atomic E-state index is 3.49. The first-order chi connectivity index (χ1) is 8.74. The van der Waals surface area contributed by atoms with Crippen LogP contribution in [0.15, 0.2) is 24.3 Å². The molecule has 1 saturated carbocycles. The highest BCUT2D eigenvalue weighted by Crippen LogP contribution is 2.37. The Morgan fingerprint density at radius 3 is 2.67 bits per heavy atom. The molecule has 1 N–H and O–H groups in total. The molecule has 1 aromatic carbocycles. The Morgan fingerprint density at radius 2 is 2.11 bits per heavy atom. The molecule has 1 aromatic rings. The summed E-state index contributed by atoms with van der Waals surface area (Å²) in [4.78, 5) is 0. The van der Waals surface area contributed by atoms with Crippen molar-refractivity contribution in [3.8, 4) is 0 Å². The first kappa shape index (κ1) is 13.6. The number of hydrogen-bond acceptors (Lipinski definition) is 1.